The van der Waals surface area contributed by atoms with Crippen LogP contribution in [0.25, 0.3) is 0 Å². The summed E-state index contributed by atoms with van der Waals surface area (Å²) >= 11 is 0. The smallest absolute Gasteiger partial charge is 0.320 e. The van der Waals surface area contributed by atoms with E-state index in [2.05, 4.69) is 29.4 Å². The fourth-order valence-electron chi connectivity index (χ4n) is 2.90. The summed E-state index contributed by atoms with van der Waals surface area (Å²) in [5.74, 6) is -1.67. The molecule has 2 unspecified atom stereocenters. The molecule has 0 bridgehead atoms. The first-order chi connectivity index (χ1) is 16.0. The third kappa shape index (κ3) is 13.9. The van der Waals surface area contributed by atoms with Crippen molar-refractivity contribution in [1.29, 1.82) is 0 Å². The highest BCUT2D eigenvalue weighted by molar-refractivity contribution is 7.56. The number of nitrogens with two attached hydrogens (primary N) is 1. The summed E-state index contributed by atoms with van der Waals surface area (Å²) in [5.41, 5.74) is 9.96. The molecule has 0 aliphatic carbocycles. The zero-order valence-corrected chi connectivity index (χ0v) is 21.1. The van der Waals surface area contributed by atoms with Gasteiger partial charge in [-0.15, -0.1) is 0 Å². The number of hydrogen-bond acceptors (Lipinski definition) is 5. The number of rotatable bonds is 7. The van der Waals surface area contributed by atoms with Gasteiger partial charge in [-0.2, -0.15) is 0 Å². The molecule has 1 saturated heterocycles. The standard InChI is InChI=1S/C11H14O2.C10H13NO2.C4H10NO2P/c1-9-5-7-10(8-6-9)3-2-4-11(12)13;1-7-2-4-8(5-3-7)6-9(11)10(12)13;1-8(6)5-3-2-4-7-8/h5-8H,2-4H2,1H3,(H,12,13);2-5,9H,6,11H2,1H3,(H,12,13);2-4H2,1H3,(H,5,6). The Balaban J connectivity index is 0.000000263. The van der Waals surface area contributed by atoms with E-state index in [1.54, 1.807) is 6.66 Å². The quantitative estimate of drug-likeness (QED) is 0.423. The second-order valence-corrected chi connectivity index (χ2v) is 10.6. The summed E-state index contributed by atoms with van der Waals surface area (Å²) in [6, 6.07) is 15.1. The van der Waals surface area contributed by atoms with Crippen molar-refractivity contribution in [3.8, 4) is 0 Å². The normalized spacial score (nSPS) is 17.9. The number of aliphatic carboxylic acids is 2. The van der Waals surface area contributed by atoms with Gasteiger partial charge in [0.1, 0.15) is 6.04 Å². The fraction of sp³-hybridized carbons (Fsp3) is 0.440. The van der Waals surface area contributed by atoms with Crippen LogP contribution in [-0.4, -0.2) is 48.0 Å². The van der Waals surface area contributed by atoms with E-state index in [0.717, 1.165) is 36.9 Å². The van der Waals surface area contributed by atoms with Gasteiger partial charge < -0.3 is 20.5 Å². The van der Waals surface area contributed by atoms with Crippen molar-refractivity contribution in [2.45, 2.75) is 52.0 Å². The summed E-state index contributed by atoms with van der Waals surface area (Å²) in [7, 11) is -2.34. The summed E-state index contributed by atoms with van der Waals surface area (Å²) in [6.45, 7) is 7.10. The number of carboxylic acids is 2. The Kier molecular flexibility index (Phi) is 13.4. The Morgan fingerprint density at radius 1 is 1.03 bits per heavy atom. The van der Waals surface area contributed by atoms with E-state index >= 15 is 0 Å². The van der Waals surface area contributed by atoms with Gasteiger partial charge in [-0.1, -0.05) is 59.7 Å². The summed E-state index contributed by atoms with van der Waals surface area (Å²) in [6.07, 6.45) is 3.19. The van der Waals surface area contributed by atoms with Crippen molar-refractivity contribution < 1.29 is 28.9 Å². The highest BCUT2D eigenvalue weighted by Gasteiger charge is 2.17. The Bertz CT molecular complexity index is 921. The lowest BCUT2D eigenvalue weighted by Gasteiger charge is -2.19. The molecule has 5 N–H and O–H groups in total. The van der Waals surface area contributed by atoms with Crippen molar-refractivity contribution in [2.75, 3.05) is 19.8 Å². The molecule has 188 valence electrons. The highest BCUT2D eigenvalue weighted by Crippen LogP contribution is 2.39. The molecule has 0 spiro atoms. The van der Waals surface area contributed by atoms with E-state index in [0.29, 0.717) is 13.0 Å². The van der Waals surface area contributed by atoms with Gasteiger partial charge in [-0.05, 0) is 50.7 Å². The van der Waals surface area contributed by atoms with Crippen LogP contribution >= 0.6 is 7.52 Å². The first-order valence-corrected chi connectivity index (χ1v) is 13.3. The Labute approximate surface area is 202 Å². The van der Waals surface area contributed by atoms with Crippen molar-refractivity contribution in [3.05, 3.63) is 70.8 Å². The van der Waals surface area contributed by atoms with Crippen LogP contribution in [0.3, 0.4) is 0 Å². The highest BCUT2D eigenvalue weighted by atomic mass is 31.2. The van der Waals surface area contributed by atoms with Gasteiger partial charge in [0.15, 0.2) is 0 Å². The molecule has 9 heteroatoms. The van der Waals surface area contributed by atoms with Crippen LogP contribution < -0.4 is 10.8 Å². The van der Waals surface area contributed by atoms with Gasteiger partial charge in [0.2, 0.25) is 0 Å². The van der Waals surface area contributed by atoms with Crippen molar-refractivity contribution in [3.63, 3.8) is 0 Å². The van der Waals surface area contributed by atoms with Gasteiger partial charge >= 0.3 is 11.9 Å². The van der Waals surface area contributed by atoms with E-state index in [1.807, 2.05) is 38.1 Å². The number of benzene rings is 2. The van der Waals surface area contributed by atoms with Crippen molar-refractivity contribution in [1.82, 2.24) is 5.09 Å². The molecule has 1 fully saturated rings. The Hall–Kier alpha value is -2.51. The number of nitrogens with one attached hydrogen (secondary N) is 1. The molecule has 0 aromatic heterocycles. The van der Waals surface area contributed by atoms with Gasteiger partial charge in [0, 0.05) is 19.6 Å². The molecule has 2 aromatic rings. The van der Waals surface area contributed by atoms with Crippen LogP contribution in [-0.2, 0) is 31.5 Å². The molecular formula is C25H37N2O6P. The molecule has 0 radical (unpaired) electrons. The van der Waals surface area contributed by atoms with E-state index < -0.39 is 25.5 Å². The van der Waals surface area contributed by atoms with Crippen molar-refractivity contribution >= 4 is 19.5 Å². The lowest BCUT2D eigenvalue weighted by molar-refractivity contribution is -0.139. The predicted octanol–water partition coefficient (Wildman–Crippen LogP) is 4.17. The maximum Gasteiger partial charge on any atom is 0.320 e. The molecule has 3 rings (SSSR count). The van der Waals surface area contributed by atoms with Crippen LogP contribution in [0.4, 0.5) is 0 Å². The largest absolute Gasteiger partial charge is 0.481 e. The average Bonchev–Trinajstić information content (AvgIpc) is 2.77. The lowest BCUT2D eigenvalue weighted by atomic mass is 10.1. The minimum atomic E-state index is -2.34. The van der Waals surface area contributed by atoms with Gasteiger partial charge in [-0.25, -0.2) is 5.09 Å². The van der Waals surface area contributed by atoms with Gasteiger partial charge in [-0.3, -0.25) is 14.2 Å². The third-order valence-corrected chi connectivity index (χ3v) is 6.40. The fourth-order valence-corrected chi connectivity index (χ4v) is 4.04. The predicted molar refractivity (Wildman–Crippen MR) is 134 cm³/mol. The van der Waals surface area contributed by atoms with Gasteiger partial charge in [0.05, 0.1) is 6.61 Å². The van der Waals surface area contributed by atoms with Crippen LogP contribution in [0.5, 0.6) is 0 Å². The van der Waals surface area contributed by atoms with E-state index in [9.17, 15) is 14.2 Å². The first kappa shape index (κ1) is 29.5. The maximum absolute atomic E-state index is 10.9. The van der Waals surface area contributed by atoms with Gasteiger partial charge in [0.25, 0.3) is 7.52 Å². The summed E-state index contributed by atoms with van der Waals surface area (Å²) in [5, 5.41) is 19.8. The minimum Gasteiger partial charge on any atom is -0.481 e. The molecule has 1 aliphatic heterocycles. The molecular weight excluding hydrogens is 455 g/mol. The number of carboxylic acid groups (broad SMARTS) is 2. The van der Waals surface area contributed by atoms with Crippen LogP contribution in [0.1, 0.15) is 41.5 Å². The summed E-state index contributed by atoms with van der Waals surface area (Å²) < 4.78 is 15.8. The Morgan fingerprint density at radius 2 is 1.56 bits per heavy atom. The van der Waals surface area contributed by atoms with Crippen LogP contribution in [0.2, 0.25) is 0 Å². The number of carbonyl (C=O) groups is 2. The van der Waals surface area contributed by atoms with E-state index in [1.165, 1.54) is 11.1 Å². The van der Waals surface area contributed by atoms with Crippen molar-refractivity contribution in [2.24, 2.45) is 5.73 Å². The first-order valence-electron chi connectivity index (χ1n) is 11.3. The van der Waals surface area contributed by atoms with E-state index in [-0.39, 0.29) is 6.42 Å². The molecule has 2 aromatic carbocycles. The van der Waals surface area contributed by atoms with Crippen LogP contribution in [0.15, 0.2) is 48.5 Å². The molecule has 34 heavy (non-hydrogen) atoms. The third-order valence-electron chi connectivity index (χ3n) is 4.93. The molecule has 8 nitrogen and oxygen atoms in total. The molecule has 0 amide bonds. The topological polar surface area (TPSA) is 139 Å². The molecule has 1 aliphatic rings. The molecule has 2 atom stereocenters. The number of hydrogen-bond donors (Lipinski definition) is 4. The maximum atomic E-state index is 10.9. The van der Waals surface area contributed by atoms with E-state index in [4.69, 9.17) is 20.5 Å². The second kappa shape index (κ2) is 15.4. The Morgan fingerprint density at radius 3 is 1.94 bits per heavy atom. The number of aryl methyl sites for hydroxylation is 3. The molecule has 0 saturated carbocycles. The average molecular weight is 493 g/mol. The molecule has 1 heterocycles. The zero-order valence-electron chi connectivity index (χ0n) is 20.2. The SMILES string of the molecule is CP1(=O)NCCCO1.Cc1ccc(CC(N)C(=O)O)cc1.Cc1ccc(CCCC(=O)O)cc1. The zero-order chi connectivity index (χ0) is 25.6. The van der Waals surface area contributed by atoms with Crippen LogP contribution in [0, 0.1) is 13.8 Å². The summed E-state index contributed by atoms with van der Waals surface area (Å²) in [4.78, 5) is 20.7. The lowest BCUT2D eigenvalue weighted by Crippen LogP contribution is -2.32. The minimum absolute atomic E-state index is 0.258. The monoisotopic (exact) mass is 492 g/mol. The second-order valence-electron chi connectivity index (χ2n) is 8.31.